The van der Waals surface area contributed by atoms with Gasteiger partial charge in [0, 0.05) is 18.5 Å². The standard InChI is InChI=1S/C19H19N3O4S/c1-14-7-9-16(10-8-14)18(23)20-12-11-17-21-22-19(26-17)27(24,25)13-15-5-3-2-4-6-15/h2-10H,11-13H2,1H3,(H,20,23). The maximum absolute atomic E-state index is 12.3. The molecule has 27 heavy (non-hydrogen) atoms. The first-order valence-electron chi connectivity index (χ1n) is 8.38. The van der Waals surface area contributed by atoms with Crippen LogP contribution in [0.5, 0.6) is 0 Å². The van der Waals surface area contributed by atoms with Crippen LogP contribution in [-0.2, 0) is 22.0 Å². The summed E-state index contributed by atoms with van der Waals surface area (Å²) in [6, 6.07) is 16.0. The molecule has 3 rings (SSSR count). The second-order valence-electron chi connectivity index (χ2n) is 6.08. The molecule has 1 amide bonds. The molecule has 0 unspecified atom stereocenters. The highest BCUT2D eigenvalue weighted by Crippen LogP contribution is 2.15. The molecule has 0 aliphatic rings. The van der Waals surface area contributed by atoms with E-state index in [1.54, 1.807) is 36.4 Å². The van der Waals surface area contributed by atoms with Crippen LogP contribution < -0.4 is 5.32 Å². The first-order chi connectivity index (χ1) is 12.9. The lowest BCUT2D eigenvalue weighted by Crippen LogP contribution is -2.25. The fourth-order valence-electron chi connectivity index (χ4n) is 2.41. The number of rotatable bonds is 7. The average molecular weight is 385 g/mol. The molecular weight excluding hydrogens is 366 g/mol. The summed E-state index contributed by atoms with van der Waals surface area (Å²) in [5, 5.41) is 9.72. The molecule has 0 atom stereocenters. The van der Waals surface area contributed by atoms with Crippen LogP contribution in [0.1, 0.15) is 27.4 Å². The molecule has 0 saturated carbocycles. The molecule has 0 aliphatic heterocycles. The Morgan fingerprint density at radius 3 is 2.44 bits per heavy atom. The number of nitrogens with zero attached hydrogens (tertiary/aromatic N) is 2. The molecule has 1 aromatic heterocycles. The van der Waals surface area contributed by atoms with Crippen molar-refractivity contribution in [1.82, 2.24) is 15.5 Å². The van der Waals surface area contributed by atoms with Gasteiger partial charge in [-0.05, 0) is 24.6 Å². The summed E-state index contributed by atoms with van der Waals surface area (Å²) in [6.07, 6.45) is 0.242. The number of nitrogens with one attached hydrogen (secondary N) is 1. The molecule has 1 heterocycles. The molecule has 140 valence electrons. The van der Waals surface area contributed by atoms with E-state index in [0.717, 1.165) is 5.56 Å². The maximum Gasteiger partial charge on any atom is 0.335 e. The molecule has 0 fully saturated rings. The van der Waals surface area contributed by atoms with E-state index in [1.165, 1.54) is 0 Å². The minimum Gasteiger partial charge on any atom is -0.412 e. The number of carbonyl (C=O) groups excluding carboxylic acids is 1. The molecule has 2 aromatic carbocycles. The van der Waals surface area contributed by atoms with Crippen LogP contribution in [0, 0.1) is 6.92 Å². The quantitative estimate of drug-likeness (QED) is 0.670. The smallest absolute Gasteiger partial charge is 0.335 e. The number of aryl methyl sites for hydroxylation is 1. The second kappa shape index (κ2) is 8.13. The average Bonchev–Trinajstić information content (AvgIpc) is 3.13. The van der Waals surface area contributed by atoms with Crippen molar-refractivity contribution in [3.8, 4) is 0 Å². The largest absolute Gasteiger partial charge is 0.412 e. The summed E-state index contributed by atoms with van der Waals surface area (Å²) < 4.78 is 29.9. The molecule has 0 saturated heterocycles. The Balaban J connectivity index is 1.56. The van der Waals surface area contributed by atoms with Crippen molar-refractivity contribution in [2.45, 2.75) is 24.3 Å². The van der Waals surface area contributed by atoms with Gasteiger partial charge in [-0.3, -0.25) is 4.79 Å². The first-order valence-corrected chi connectivity index (χ1v) is 10.0. The van der Waals surface area contributed by atoms with Crippen LogP contribution >= 0.6 is 0 Å². The minimum absolute atomic E-state index is 0.158. The third kappa shape index (κ3) is 5.01. The van der Waals surface area contributed by atoms with Crippen LogP contribution in [0.3, 0.4) is 0 Å². The van der Waals surface area contributed by atoms with Crippen molar-refractivity contribution in [3.05, 3.63) is 77.2 Å². The molecule has 1 N–H and O–H groups in total. The lowest BCUT2D eigenvalue weighted by molar-refractivity contribution is 0.0953. The number of aromatic nitrogens is 2. The van der Waals surface area contributed by atoms with Crippen molar-refractivity contribution >= 4 is 15.7 Å². The SMILES string of the molecule is Cc1ccc(C(=O)NCCc2nnc(S(=O)(=O)Cc3ccccc3)o2)cc1. The number of amides is 1. The van der Waals surface area contributed by atoms with E-state index in [9.17, 15) is 13.2 Å². The summed E-state index contributed by atoms with van der Waals surface area (Å²) in [5.74, 6) is -0.267. The Hall–Kier alpha value is -3.00. The fraction of sp³-hybridized carbons (Fsp3) is 0.211. The van der Waals surface area contributed by atoms with Crippen LogP contribution in [0.4, 0.5) is 0 Å². The summed E-state index contributed by atoms with van der Waals surface area (Å²) in [7, 11) is -3.71. The Morgan fingerprint density at radius 1 is 1.04 bits per heavy atom. The van der Waals surface area contributed by atoms with Gasteiger partial charge in [-0.15, -0.1) is 5.10 Å². The van der Waals surface area contributed by atoms with Gasteiger partial charge in [-0.25, -0.2) is 8.42 Å². The molecule has 8 heteroatoms. The molecule has 3 aromatic rings. The van der Waals surface area contributed by atoms with Gasteiger partial charge in [0.15, 0.2) is 0 Å². The second-order valence-corrected chi connectivity index (χ2v) is 7.95. The molecule has 0 bridgehead atoms. The zero-order valence-corrected chi connectivity index (χ0v) is 15.6. The maximum atomic E-state index is 12.3. The van der Waals surface area contributed by atoms with Gasteiger partial charge in [-0.2, -0.15) is 0 Å². The third-order valence-corrected chi connectivity index (χ3v) is 5.26. The Labute approximate surface area is 157 Å². The van der Waals surface area contributed by atoms with Crippen molar-refractivity contribution in [1.29, 1.82) is 0 Å². The van der Waals surface area contributed by atoms with Gasteiger partial charge in [-0.1, -0.05) is 53.1 Å². The molecule has 0 spiro atoms. The molecular formula is C19H19N3O4S. The highest BCUT2D eigenvalue weighted by Gasteiger charge is 2.23. The number of carbonyl (C=O) groups is 1. The third-order valence-electron chi connectivity index (χ3n) is 3.85. The van der Waals surface area contributed by atoms with Crippen LogP contribution in [-0.4, -0.2) is 31.1 Å². The topological polar surface area (TPSA) is 102 Å². The lowest BCUT2D eigenvalue weighted by atomic mass is 10.1. The highest BCUT2D eigenvalue weighted by molar-refractivity contribution is 7.90. The zero-order valence-electron chi connectivity index (χ0n) is 14.8. The van der Waals surface area contributed by atoms with E-state index < -0.39 is 15.1 Å². The molecule has 7 nitrogen and oxygen atoms in total. The van der Waals surface area contributed by atoms with E-state index in [-0.39, 0.29) is 30.5 Å². The van der Waals surface area contributed by atoms with Gasteiger partial charge in [0.1, 0.15) is 0 Å². The van der Waals surface area contributed by atoms with E-state index >= 15 is 0 Å². The van der Waals surface area contributed by atoms with E-state index in [0.29, 0.717) is 11.1 Å². The fourth-order valence-corrected chi connectivity index (χ4v) is 3.55. The number of sulfone groups is 1. The minimum atomic E-state index is -3.71. The predicted octanol–water partition coefficient (Wildman–Crippen LogP) is 2.32. The summed E-state index contributed by atoms with van der Waals surface area (Å²) in [6.45, 7) is 2.20. The summed E-state index contributed by atoms with van der Waals surface area (Å²) >= 11 is 0. The van der Waals surface area contributed by atoms with Gasteiger partial charge < -0.3 is 9.73 Å². The van der Waals surface area contributed by atoms with Gasteiger partial charge in [0.25, 0.3) is 5.91 Å². The molecule has 0 aliphatic carbocycles. The normalized spacial score (nSPS) is 11.3. The van der Waals surface area contributed by atoms with E-state index in [1.807, 2.05) is 25.1 Å². The summed E-state index contributed by atoms with van der Waals surface area (Å²) in [4.78, 5) is 12.0. The van der Waals surface area contributed by atoms with Crippen molar-refractivity contribution in [2.24, 2.45) is 0 Å². The van der Waals surface area contributed by atoms with Crippen LogP contribution in [0.2, 0.25) is 0 Å². The van der Waals surface area contributed by atoms with E-state index in [4.69, 9.17) is 4.42 Å². The highest BCUT2D eigenvalue weighted by atomic mass is 32.2. The van der Waals surface area contributed by atoms with Crippen molar-refractivity contribution in [3.63, 3.8) is 0 Å². The Kier molecular flexibility index (Phi) is 5.66. The van der Waals surface area contributed by atoms with Crippen molar-refractivity contribution < 1.29 is 17.6 Å². The van der Waals surface area contributed by atoms with Gasteiger partial charge in [0.05, 0.1) is 5.75 Å². The van der Waals surface area contributed by atoms with Crippen molar-refractivity contribution in [2.75, 3.05) is 6.54 Å². The first kappa shape index (κ1) is 18.8. The zero-order chi connectivity index (χ0) is 19.3. The summed E-state index contributed by atoms with van der Waals surface area (Å²) in [5.41, 5.74) is 2.27. The van der Waals surface area contributed by atoms with Crippen LogP contribution in [0.25, 0.3) is 0 Å². The predicted molar refractivity (Wildman–Crippen MR) is 98.8 cm³/mol. The number of benzene rings is 2. The van der Waals surface area contributed by atoms with Gasteiger partial charge >= 0.3 is 5.22 Å². The van der Waals surface area contributed by atoms with Gasteiger partial charge in [0.2, 0.25) is 15.7 Å². The Bertz CT molecular complexity index is 1010. The number of hydrogen-bond acceptors (Lipinski definition) is 6. The molecule has 0 radical (unpaired) electrons. The monoisotopic (exact) mass is 385 g/mol. The Morgan fingerprint density at radius 2 is 1.74 bits per heavy atom. The van der Waals surface area contributed by atoms with E-state index in [2.05, 4.69) is 15.5 Å². The van der Waals surface area contributed by atoms with Crippen LogP contribution in [0.15, 0.2) is 64.2 Å². The lowest BCUT2D eigenvalue weighted by Gasteiger charge is -2.03. The number of hydrogen-bond donors (Lipinski definition) is 1.